The van der Waals surface area contributed by atoms with Gasteiger partial charge in [0.05, 0.1) is 0 Å². The first-order valence-electron chi connectivity index (χ1n) is 4.33. The number of primary amides is 1. The van der Waals surface area contributed by atoms with Crippen molar-refractivity contribution in [3.05, 3.63) is 42.0 Å². The van der Waals surface area contributed by atoms with E-state index in [1.807, 2.05) is 0 Å². The van der Waals surface area contributed by atoms with Crippen LogP contribution in [-0.4, -0.2) is 22.1 Å². The third-order valence-electron chi connectivity index (χ3n) is 1.58. The summed E-state index contributed by atoms with van der Waals surface area (Å²) >= 11 is 0. The molecule has 1 amide bonds. The number of aromatic hydroxyl groups is 1. The molecule has 0 saturated carbocycles. The minimum atomic E-state index is -1.11. The lowest BCUT2D eigenvalue weighted by Gasteiger charge is -1.98. The lowest BCUT2D eigenvalue weighted by molar-refractivity contribution is -0.113. The number of aromatic carboxylic acids is 1. The van der Waals surface area contributed by atoms with E-state index in [1.54, 1.807) is 13.0 Å². The van der Waals surface area contributed by atoms with E-state index in [1.165, 1.54) is 12.1 Å². The van der Waals surface area contributed by atoms with E-state index < -0.39 is 11.9 Å². The van der Waals surface area contributed by atoms with Crippen molar-refractivity contribution in [2.24, 2.45) is 5.73 Å². The van der Waals surface area contributed by atoms with E-state index in [2.05, 4.69) is 12.3 Å². The lowest BCUT2D eigenvalue weighted by Crippen LogP contribution is -2.04. The zero-order valence-electron chi connectivity index (χ0n) is 8.80. The fraction of sp³-hybridized carbons (Fsp3) is 0.0909. The number of carbonyl (C=O) groups excluding carboxylic acids is 1. The van der Waals surface area contributed by atoms with E-state index in [4.69, 9.17) is 10.2 Å². The van der Waals surface area contributed by atoms with Gasteiger partial charge in [0.2, 0.25) is 5.91 Å². The predicted molar refractivity (Wildman–Crippen MR) is 59.2 cm³/mol. The molecule has 4 N–H and O–H groups in total. The summed E-state index contributed by atoms with van der Waals surface area (Å²) in [5.74, 6) is -1.77. The number of phenols is 1. The average molecular weight is 223 g/mol. The standard InChI is InChI=1S/C8H8O3.C3H5NO/c1-5-2-3-6(8(10)11)7(9)4-5;1-2-3(4)5/h2-4,9H,1H3,(H,10,11);2H,1H2,(H2,4,5). The quantitative estimate of drug-likeness (QED) is 0.652. The maximum absolute atomic E-state index is 10.4. The highest BCUT2D eigenvalue weighted by Gasteiger charge is 2.07. The summed E-state index contributed by atoms with van der Waals surface area (Å²) in [4.78, 5) is 19.8. The highest BCUT2D eigenvalue weighted by Crippen LogP contribution is 2.17. The summed E-state index contributed by atoms with van der Waals surface area (Å²) < 4.78 is 0. The van der Waals surface area contributed by atoms with Gasteiger partial charge in [-0.15, -0.1) is 0 Å². The third kappa shape index (κ3) is 4.80. The molecule has 0 aliphatic heterocycles. The first-order valence-corrected chi connectivity index (χ1v) is 4.33. The molecule has 86 valence electrons. The Hall–Kier alpha value is -2.30. The molecule has 0 aliphatic rings. The zero-order valence-corrected chi connectivity index (χ0v) is 8.80. The van der Waals surface area contributed by atoms with Crippen LogP contribution in [0, 0.1) is 6.92 Å². The van der Waals surface area contributed by atoms with Gasteiger partial charge < -0.3 is 15.9 Å². The van der Waals surface area contributed by atoms with Gasteiger partial charge in [0.25, 0.3) is 0 Å². The number of nitrogens with two attached hydrogens (primary N) is 1. The van der Waals surface area contributed by atoms with Gasteiger partial charge in [-0.3, -0.25) is 4.79 Å². The molecule has 5 heteroatoms. The molecule has 0 saturated heterocycles. The van der Waals surface area contributed by atoms with E-state index in [9.17, 15) is 9.59 Å². The number of carbonyl (C=O) groups is 2. The average Bonchev–Trinajstić information content (AvgIpc) is 2.17. The Bertz CT molecular complexity index is 412. The number of rotatable bonds is 2. The molecule has 1 aromatic rings. The maximum Gasteiger partial charge on any atom is 0.339 e. The van der Waals surface area contributed by atoms with Gasteiger partial charge in [-0.05, 0) is 30.7 Å². The van der Waals surface area contributed by atoms with Crippen molar-refractivity contribution in [1.29, 1.82) is 0 Å². The topological polar surface area (TPSA) is 101 Å². The predicted octanol–water partition coefficient (Wildman–Crippen LogP) is 1.06. The monoisotopic (exact) mass is 223 g/mol. The molecule has 16 heavy (non-hydrogen) atoms. The summed E-state index contributed by atoms with van der Waals surface area (Å²) in [6.45, 7) is 4.87. The molecule has 0 fully saturated rings. The fourth-order valence-electron chi connectivity index (χ4n) is 0.823. The van der Waals surface area contributed by atoms with Crippen molar-refractivity contribution in [3.63, 3.8) is 0 Å². The summed E-state index contributed by atoms with van der Waals surface area (Å²) in [5, 5.41) is 17.6. The van der Waals surface area contributed by atoms with Crippen molar-refractivity contribution in [3.8, 4) is 5.75 Å². The Morgan fingerprint density at radius 3 is 2.25 bits per heavy atom. The first-order chi connectivity index (χ1) is 7.38. The van der Waals surface area contributed by atoms with Crippen molar-refractivity contribution in [2.75, 3.05) is 0 Å². The van der Waals surface area contributed by atoms with Crippen LogP contribution in [0.3, 0.4) is 0 Å². The molecule has 0 heterocycles. The van der Waals surface area contributed by atoms with E-state index >= 15 is 0 Å². The fourth-order valence-corrected chi connectivity index (χ4v) is 0.823. The molecular weight excluding hydrogens is 210 g/mol. The normalized spacial score (nSPS) is 8.56. The SMILES string of the molecule is C=CC(N)=O.Cc1ccc(C(=O)O)c(O)c1. The Balaban J connectivity index is 0.000000385. The van der Waals surface area contributed by atoms with Crippen LogP contribution in [0.1, 0.15) is 15.9 Å². The Kier molecular flexibility index (Phi) is 5.34. The molecule has 0 radical (unpaired) electrons. The minimum Gasteiger partial charge on any atom is -0.507 e. The number of benzene rings is 1. The van der Waals surface area contributed by atoms with Crippen LogP contribution in [0.25, 0.3) is 0 Å². The van der Waals surface area contributed by atoms with E-state index in [0.717, 1.165) is 11.6 Å². The van der Waals surface area contributed by atoms with Crippen molar-refractivity contribution >= 4 is 11.9 Å². The van der Waals surface area contributed by atoms with Crippen LogP contribution in [-0.2, 0) is 4.79 Å². The molecule has 5 nitrogen and oxygen atoms in total. The smallest absolute Gasteiger partial charge is 0.339 e. The first kappa shape index (κ1) is 13.7. The molecule has 0 spiro atoms. The van der Waals surface area contributed by atoms with Gasteiger partial charge in [-0.2, -0.15) is 0 Å². The third-order valence-corrected chi connectivity index (χ3v) is 1.58. The number of carboxylic acid groups (broad SMARTS) is 1. The van der Waals surface area contributed by atoms with E-state index in [0.29, 0.717) is 0 Å². The number of carboxylic acids is 1. The van der Waals surface area contributed by atoms with Crippen LogP contribution in [0.15, 0.2) is 30.9 Å². The summed E-state index contributed by atoms with van der Waals surface area (Å²) in [6.07, 6.45) is 1.06. The number of hydrogen-bond donors (Lipinski definition) is 3. The van der Waals surface area contributed by atoms with Crippen LogP contribution in [0.5, 0.6) is 5.75 Å². The van der Waals surface area contributed by atoms with Crippen LogP contribution < -0.4 is 5.73 Å². The Labute approximate surface area is 92.8 Å². The second-order valence-electron chi connectivity index (χ2n) is 2.93. The molecule has 1 aromatic carbocycles. The summed E-state index contributed by atoms with van der Waals surface area (Å²) in [6, 6.07) is 4.44. The van der Waals surface area contributed by atoms with Crippen molar-refractivity contribution in [2.45, 2.75) is 6.92 Å². The van der Waals surface area contributed by atoms with Crippen molar-refractivity contribution in [1.82, 2.24) is 0 Å². The van der Waals surface area contributed by atoms with Gasteiger partial charge >= 0.3 is 5.97 Å². The molecule has 0 aromatic heterocycles. The molecule has 0 atom stereocenters. The highest BCUT2D eigenvalue weighted by molar-refractivity contribution is 5.90. The van der Waals surface area contributed by atoms with Gasteiger partial charge in [-0.25, -0.2) is 4.79 Å². The van der Waals surface area contributed by atoms with Crippen LogP contribution >= 0.6 is 0 Å². The highest BCUT2D eigenvalue weighted by atomic mass is 16.4. The number of aryl methyl sites for hydroxylation is 1. The Morgan fingerprint density at radius 2 is 1.94 bits per heavy atom. The Morgan fingerprint density at radius 1 is 1.44 bits per heavy atom. The number of hydrogen-bond acceptors (Lipinski definition) is 3. The molecule has 1 rings (SSSR count). The van der Waals surface area contributed by atoms with Crippen molar-refractivity contribution < 1.29 is 19.8 Å². The van der Waals surface area contributed by atoms with Gasteiger partial charge in [0.15, 0.2) is 0 Å². The number of amides is 1. The largest absolute Gasteiger partial charge is 0.507 e. The second kappa shape index (κ2) is 6.23. The summed E-state index contributed by atoms with van der Waals surface area (Å²) in [5.41, 5.74) is 5.32. The minimum absolute atomic E-state index is 0.0596. The summed E-state index contributed by atoms with van der Waals surface area (Å²) in [7, 11) is 0. The van der Waals surface area contributed by atoms with Crippen LogP contribution in [0.2, 0.25) is 0 Å². The molecular formula is C11H13NO4. The zero-order chi connectivity index (χ0) is 12.7. The molecule has 0 unspecified atom stereocenters. The van der Waals surface area contributed by atoms with Crippen LogP contribution in [0.4, 0.5) is 0 Å². The maximum atomic E-state index is 10.4. The van der Waals surface area contributed by atoms with Gasteiger partial charge in [0.1, 0.15) is 11.3 Å². The molecule has 0 bridgehead atoms. The van der Waals surface area contributed by atoms with E-state index in [-0.39, 0.29) is 11.3 Å². The lowest BCUT2D eigenvalue weighted by atomic mass is 10.1. The molecule has 0 aliphatic carbocycles. The van der Waals surface area contributed by atoms with Gasteiger partial charge in [0, 0.05) is 0 Å². The second-order valence-corrected chi connectivity index (χ2v) is 2.93. The van der Waals surface area contributed by atoms with Gasteiger partial charge in [-0.1, -0.05) is 12.6 Å².